The smallest absolute Gasteiger partial charge is 0.317 e. The molecule has 0 spiro atoms. The van der Waals surface area contributed by atoms with Crippen molar-refractivity contribution in [3.05, 3.63) is 52.0 Å². The summed E-state index contributed by atoms with van der Waals surface area (Å²) in [5.74, 6) is 0.810. The zero-order valence-electron chi connectivity index (χ0n) is 14.5. The minimum atomic E-state index is -0.125. The van der Waals surface area contributed by atoms with Crippen molar-refractivity contribution in [3.63, 3.8) is 0 Å². The van der Waals surface area contributed by atoms with Gasteiger partial charge in [0.15, 0.2) is 0 Å². The van der Waals surface area contributed by atoms with Crippen molar-refractivity contribution in [3.8, 4) is 0 Å². The molecule has 3 rings (SSSR count). The molecule has 0 atom stereocenters. The number of nitrogens with zero attached hydrogens (tertiary/aromatic N) is 2. The maximum atomic E-state index is 11.6. The van der Waals surface area contributed by atoms with Gasteiger partial charge in [-0.1, -0.05) is 16.8 Å². The van der Waals surface area contributed by atoms with E-state index in [1.54, 1.807) is 14.1 Å². The molecule has 0 aliphatic carbocycles. The molecule has 0 aliphatic heterocycles. The number of urea groups is 1. The van der Waals surface area contributed by atoms with E-state index < -0.39 is 0 Å². The van der Waals surface area contributed by atoms with Crippen molar-refractivity contribution in [1.82, 2.24) is 20.4 Å². The Hall–Kier alpha value is -2.47. The number of hydrogen-bond acceptors (Lipinski definition) is 3. The number of benzene rings is 1. The van der Waals surface area contributed by atoms with Crippen LogP contribution in [0.25, 0.3) is 10.9 Å². The number of H-pyrrole nitrogens is 1. The van der Waals surface area contributed by atoms with Gasteiger partial charge in [0.25, 0.3) is 0 Å². The summed E-state index contributed by atoms with van der Waals surface area (Å²) in [6.07, 6.45) is 1.56. The quantitative estimate of drug-likeness (QED) is 0.729. The third-order valence-electron chi connectivity index (χ3n) is 4.01. The first-order valence-corrected chi connectivity index (χ1v) is 8.47. The molecular formula is C18H21ClN4O2. The number of amides is 2. The molecule has 7 heteroatoms. The molecule has 3 aromatic rings. The van der Waals surface area contributed by atoms with Gasteiger partial charge in [0.05, 0.1) is 12.2 Å². The highest BCUT2D eigenvalue weighted by molar-refractivity contribution is 6.32. The Labute approximate surface area is 151 Å². The normalized spacial score (nSPS) is 11.0. The number of aromatic nitrogens is 2. The molecule has 0 aliphatic rings. The zero-order valence-corrected chi connectivity index (χ0v) is 15.3. The lowest BCUT2D eigenvalue weighted by atomic mass is 10.1. The van der Waals surface area contributed by atoms with Gasteiger partial charge in [0.2, 0.25) is 0 Å². The Morgan fingerprint density at radius 2 is 2.08 bits per heavy atom. The molecule has 25 heavy (non-hydrogen) atoms. The molecule has 0 saturated carbocycles. The predicted molar refractivity (Wildman–Crippen MR) is 97.9 cm³/mol. The van der Waals surface area contributed by atoms with Gasteiger partial charge in [-0.15, -0.1) is 0 Å². The van der Waals surface area contributed by atoms with Crippen LogP contribution in [0.4, 0.5) is 4.79 Å². The van der Waals surface area contributed by atoms with Gasteiger partial charge in [-0.2, -0.15) is 0 Å². The second-order valence-electron chi connectivity index (χ2n) is 6.31. The molecule has 132 valence electrons. The predicted octanol–water partition coefficient (Wildman–Crippen LogP) is 3.67. The van der Waals surface area contributed by atoms with Crippen LogP contribution in [0.1, 0.15) is 22.7 Å². The first-order chi connectivity index (χ1) is 11.9. The third-order valence-corrected chi connectivity index (χ3v) is 4.36. The molecule has 6 nitrogen and oxygen atoms in total. The van der Waals surface area contributed by atoms with E-state index in [-0.39, 0.29) is 6.03 Å². The van der Waals surface area contributed by atoms with Crippen LogP contribution in [0.2, 0.25) is 5.02 Å². The number of rotatable bonds is 5. The fourth-order valence-corrected chi connectivity index (χ4v) is 2.94. The maximum Gasteiger partial charge on any atom is 0.317 e. The summed E-state index contributed by atoms with van der Waals surface area (Å²) in [5.41, 5.74) is 3.92. The molecule has 1 aromatic carbocycles. The van der Waals surface area contributed by atoms with E-state index in [4.69, 9.17) is 16.1 Å². The lowest BCUT2D eigenvalue weighted by Crippen LogP contribution is -2.33. The topological polar surface area (TPSA) is 74.2 Å². The van der Waals surface area contributed by atoms with Crippen molar-refractivity contribution in [2.24, 2.45) is 0 Å². The number of carbonyl (C=O) groups excluding carboxylic acids is 1. The van der Waals surface area contributed by atoms with E-state index in [1.807, 2.05) is 25.1 Å². The van der Waals surface area contributed by atoms with E-state index in [0.29, 0.717) is 6.54 Å². The summed E-state index contributed by atoms with van der Waals surface area (Å²) in [6, 6.07) is 7.82. The first kappa shape index (κ1) is 17.4. The molecule has 2 heterocycles. The second kappa shape index (κ2) is 7.19. The summed E-state index contributed by atoms with van der Waals surface area (Å²) in [7, 11) is 3.42. The summed E-state index contributed by atoms with van der Waals surface area (Å²) in [4.78, 5) is 16.5. The summed E-state index contributed by atoms with van der Waals surface area (Å²) >= 11 is 6.42. The lowest BCUT2D eigenvalue weighted by molar-refractivity contribution is 0.217. The highest BCUT2D eigenvalue weighted by Crippen LogP contribution is 2.26. The molecule has 0 radical (unpaired) electrons. The summed E-state index contributed by atoms with van der Waals surface area (Å²) in [5, 5.41) is 8.61. The van der Waals surface area contributed by atoms with Crippen LogP contribution in [0.15, 0.2) is 28.8 Å². The van der Waals surface area contributed by atoms with Crippen LogP contribution < -0.4 is 5.32 Å². The SMILES string of the molecule is Cc1cc(CCc2cc3[nH]c(CNC(=O)N(C)C)cc3cc2Cl)no1. The van der Waals surface area contributed by atoms with Crippen LogP contribution >= 0.6 is 11.6 Å². The van der Waals surface area contributed by atoms with Gasteiger partial charge in [-0.25, -0.2) is 4.79 Å². The Kier molecular flexibility index (Phi) is 4.99. The van der Waals surface area contributed by atoms with Gasteiger partial charge in [0.1, 0.15) is 5.76 Å². The highest BCUT2D eigenvalue weighted by atomic mass is 35.5. The lowest BCUT2D eigenvalue weighted by Gasteiger charge is -2.10. The number of fused-ring (bicyclic) bond motifs is 1. The van der Waals surface area contributed by atoms with E-state index in [0.717, 1.165) is 51.5 Å². The minimum absolute atomic E-state index is 0.125. The van der Waals surface area contributed by atoms with Crippen molar-refractivity contribution in [2.45, 2.75) is 26.3 Å². The van der Waals surface area contributed by atoms with Crippen molar-refractivity contribution < 1.29 is 9.32 Å². The van der Waals surface area contributed by atoms with Crippen molar-refractivity contribution >= 4 is 28.5 Å². The molecule has 0 unspecified atom stereocenters. The first-order valence-electron chi connectivity index (χ1n) is 8.10. The van der Waals surface area contributed by atoms with E-state index in [9.17, 15) is 4.79 Å². The molecule has 0 bridgehead atoms. The molecule has 2 amide bonds. The fourth-order valence-electron chi connectivity index (χ4n) is 2.67. The fraction of sp³-hybridized carbons (Fsp3) is 0.333. The van der Waals surface area contributed by atoms with Crippen LogP contribution in [-0.2, 0) is 19.4 Å². The number of aromatic amines is 1. The third kappa shape index (κ3) is 4.14. The number of hydrogen-bond donors (Lipinski definition) is 2. The maximum absolute atomic E-state index is 11.6. The van der Waals surface area contributed by atoms with Crippen molar-refractivity contribution in [2.75, 3.05) is 14.1 Å². The van der Waals surface area contributed by atoms with Gasteiger partial charge < -0.3 is 19.7 Å². The van der Waals surface area contributed by atoms with Crippen LogP contribution in [-0.4, -0.2) is 35.2 Å². The molecule has 0 saturated heterocycles. The summed E-state index contributed by atoms with van der Waals surface area (Å²) in [6.45, 7) is 2.32. The van der Waals surface area contributed by atoms with Crippen LogP contribution in [0, 0.1) is 6.92 Å². The van der Waals surface area contributed by atoms with Gasteiger partial charge >= 0.3 is 6.03 Å². The summed E-state index contributed by atoms with van der Waals surface area (Å²) < 4.78 is 5.09. The van der Waals surface area contributed by atoms with E-state index in [2.05, 4.69) is 21.5 Å². The number of halogens is 1. The Balaban J connectivity index is 1.72. The highest BCUT2D eigenvalue weighted by Gasteiger charge is 2.09. The molecule has 0 fully saturated rings. The molecular weight excluding hydrogens is 340 g/mol. The Bertz CT molecular complexity index is 898. The molecule has 2 aromatic heterocycles. The van der Waals surface area contributed by atoms with Gasteiger partial charge in [0, 0.05) is 41.8 Å². The van der Waals surface area contributed by atoms with E-state index >= 15 is 0 Å². The van der Waals surface area contributed by atoms with E-state index in [1.165, 1.54) is 4.90 Å². The monoisotopic (exact) mass is 360 g/mol. The standard InChI is InChI=1S/C18H21ClN4O2/c1-11-6-14(22-25-11)5-4-12-9-17-13(8-16(12)19)7-15(21-17)10-20-18(24)23(2)3/h6-9,21H,4-5,10H2,1-3H3,(H,20,24). The second-order valence-corrected chi connectivity index (χ2v) is 6.71. The van der Waals surface area contributed by atoms with Crippen molar-refractivity contribution in [1.29, 1.82) is 0 Å². The largest absolute Gasteiger partial charge is 0.361 e. The average molecular weight is 361 g/mol. The zero-order chi connectivity index (χ0) is 18.0. The number of carbonyl (C=O) groups is 1. The van der Waals surface area contributed by atoms with Gasteiger partial charge in [-0.05, 0) is 43.5 Å². The van der Waals surface area contributed by atoms with Crippen LogP contribution in [0.5, 0.6) is 0 Å². The molecule has 2 N–H and O–H groups in total. The Morgan fingerprint density at radius 3 is 2.76 bits per heavy atom. The average Bonchev–Trinajstić information content (AvgIpc) is 3.15. The van der Waals surface area contributed by atoms with Crippen LogP contribution in [0.3, 0.4) is 0 Å². The minimum Gasteiger partial charge on any atom is -0.361 e. The Morgan fingerprint density at radius 1 is 1.28 bits per heavy atom. The number of nitrogens with one attached hydrogen (secondary N) is 2. The van der Waals surface area contributed by atoms with Gasteiger partial charge in [-0.3, -0.25) is 0 Å². The number of aryl methyl sites for hydroxylation is 3.